The maximum Gasteiger partial charge on any atom is 0.304 e. The summed E-state index contributed by atoms with van der Waals surface area (Å²) in [7, 11) is -0.735. The third-order valence-corrected chi connectivity index (χ3v) is 6.47. The Bertz CT molecular complexity index is 356. The summed E-state index contributed by atoms with van der Waals surface area (Å²) in [4.78, 5) is 0. The minimum atomic E-state index is -0.735. The normalized spacial score (nSPS) is 46.3. The molecule has 0 saturated heterocycles. The van der Waals surface area contributed by atoms with E-state index in [-0.39, 0.29) is 0 Å². The van der Waals surface area contributed by atoms with Crippen molar-refractivity contribution >= 4 is 10.0 Å². The second-order valence-electron chi connectivity index (χ2n) is 6.94. The van der Waals surface area contributed by atoms with E-state index in [4.69, 9.17) is 8.85 Å². The fraction of sp³-hybridized carbons (Fsp3) is 0.750. The molecule has 6 unspecified atom stereocenters. The van der Waals surface area contributed by atoms with Crippen LogP contribution >= 0.6 is 0 Å². The van der Waals surface area contributed by atoms with E-state index in [1.165, 1.54) is 25.7 Å². The highest BCUT2D eigenvalue weighted by atomic mass is 28.3. The van der Waals surface area contributed by atoms with E-state index in [1.54, 1.807) is 0 Å². The Morgan fingerprint density at radius 1 is 0.737 bits per heavy atom. The third-order valence-electron chi connectivity index (χ3n) is 5.66. The quantitative estimate of drug-likeness (QED) is 0.421. The van der Waals surface area contributed by atoms with Crippen molar-refractivity contribution in [2.24, 2.45) is 35.5 Å². The van der Waals surface area contributed by atoms with Gasteiger partial charge in [-0.2, -0.15) is 0 Å². The average Bonchev–Trinajstić information content (AvgIpc) is 3.18. The molecule has 19 heavy (non-hydrogen) atoms. The van der Waals surface area contributed by atoms with Crippen LogP contribution in [0.15, 0.2) is 24.3 Å². The van der Waals surface area contributed by atoms with E-state index in [0.717, 1.165) is 48.7 Å². The highest BCUT2D eigenvalue weighted by Crippen LogP contribution is 2.44. The molecule has 4 rings (SSSR count). The lowest BCUT2D eigenvalue weighted by molar-refractivity contribution is 0.155. The zero-order valence-electron chi connectivity index (χ0n) is 11.5. The monoisotopic (exact) mass is 276 g/mol. The molecule has 0 aliphatic heterocycles. The van der Waals surface area contributed by atoms with Crippen molar-refractivity contribution in [1.82, 2.24) is 0 Å². The van der Waals surface area contributed by atoms with E-state index in [1.807, 2.05) is 0 Å². The molecular weight excluding hydrogens is 252 g/mol. The van der Waals surface area contributed by atoms with Gasteiger partial charge in [0.15, 0.2) is 0 Å². The van der Waals surface area contributed by atoms with Crippen LogP contribution in [0.3, 0.4) is 0 Å². The number of allylic oxidation sites excluding steroid dienone is 4. The third kappa shape index (κ3) is 2.48. The maximum atomic E-state index is 5.87. The second-order valence-corrected chi connectivity index (χ2v) is 7.99. The lowest BCUT2D eigenvalue weighted by Gasteiger charge is -2.20. The molecule has 6 atom stereocenters. The molecule has 4 aliphatic rings. The minimum absolute atomic E-state index is 0.735. The Labute approximate surface area is 118 Å². The summed E-state index contributed by atoms with van der Waals surface area (Å²) in [6, 6.07) is 0. The van der Waals surface area contributed by atoms with Crippen LogP contribution in [0.1, 0.15) is 25.7 Å². The molecule has 2 nitrogen and oxygen atoms in total. The van der Waals surface area contributed by atoms with Gasteiger partial charge in [-0.3, -0.25) is 0 Å². The Balaban J connectivity index is 1.11. The van der Waals surface area contributed by atoms with Gasteiger partial charge < -0.3 is 8.85 Å². The van der Waals surface area contributed by atoms with E-state index in [9.17, 15) is 0 Å². The fourth-order valence-electron chi connectivity index (χ4n) is 4.63. The lowest BCUT2D eigenvalue weighted by atomic mass is 9.95. The van der Waals surface area contributed by atoms with Crippen LogP contribution in [0.2, 0.25) is 0 Å². The highest BCUT2D eigenvalue weighted by molar-refractivity contribution is 6.17. The first-order valence-electron chi connectivity index (χ1n) is 7.90. The summed E-state index contributed by atoms with van der Waals surface area (Å²) in [5.41, 5.74) is 0. The van der Waals surface area contributed by atoms with Gasteiger partial charge in [0.05, 0.1) is 0 Å². The van der Waals surface area contributed by atoms with Gasteiger partial charge in [0.2, 0.25) is 0 Å². The van der Waals surface area contributed by atoms with E-state index in [0.29, 0.717) is 0 Å². The molecule has 0 spiro atoms. The van der Waals surface area contributed by atoms with Gasteiger partial charge in [0.1, 0.15) is 0 Å². The highest BCUT2D eigenvalue weighted by Gasteiger charge is 2.36. The van der Waals surface area contributed by atoms with Crippen LogP contribution in [0, 0.1) is 35.5 Å². The summed E-state index contributed by atoms with van der Waals surface area (Å²) in [6.45, 7) is 1.91. The molecule has 0 N–H and O–H groups in total. The van der Waals surface area contributed by atoms with Crippen molar-refractivity contribution in [1.29, 1.82) is 0 Å². The molecule has 0 amide bonds. The van der Waals surface area contributed by atoms with Crippen molar-refractivity contribution in [2.75, 3.05) is 13.2 Å². The maximum absolute atomic E-state index is 5.87. The predicted octanol–water partition coefficient (Wildman–Crippen LogP) is 2.44. The number of rotatable bonds is 6. The molecule has 2 fully saturated rings. The van der Waals surface area contributed by atoms with E-state index < -0.39 is 10.0 Å². The van der Waals surface area contributed by atoms with Gasteiger partial charge in [-0.15, -0.1) is 0 Å². The zero-order valence-corrected chi connectivity index (χ0v) is 13.0. The molecule has 4 aliphatic carbocycles. The molecule has 0 heterocycles. The number of hydrogen-bond acceptors (Lipinski definition) is 2. The molecule has 0 aromatic carbocycles. The van der Waals surface area contributed by atoms with Gasteiger partial charge in [-0.25, -0.2) is 0 Å². The van der Waals surface area contributed by atoms with Crippen molar-refractivity contribution in [2.45, 2.75) is 25.7 Å². The van der Waals surface area contributed by atoms with Crippen molar-refractivity contribution in [3.63, 3.8) is 0 Å². The van der Waals surface area contributed by atoms with Crippen LogP contribution in [0.25, 0.3) is 0 Å². The largest absolute Gasteiger partial charge is 0.399 e. The predicted molar refractivity (Wildman–Crippen MR) is 78.1 cm³/mol. The molecule has 0 aromatic heterocycles. The molecule has 0 aromatic rings. The standard InChI is InChI=1S/C16H24O2Si/c1-3-13-5-11(1)7-15(13)9-17-19-18-10-16-8-12-2-4-14(16)6-12/h1-4,11-16H,5-10,19H2. The molecule has 0 radical (unpaired) electrons. The second kappa shape index (κ2) is 5.19. The lowest BCUT2D eigenvalue weighted by Crippen LogP contribution is -2.20. The summed E-state index contributed by atoms with van der Waals surface area (Å²) >= 11 is 0. The fourth-order valence-corrected chi connectivity index (χ4v) is 5.55. The van der Waals surface area contributed by atoms with Crippen LogP contribution in [-0.2, 0) is 8.85 Å². The molecule has 104 valence electrons. The Kier molecular flexibility index (Phi) is 3.38. The Morgan fingerprint density at radius 3 is 1.63 bits per heavy atom. The minimum Gasteiger partial charge on any atom is -0.399 e. The summed E-state index contributed by atoms with van der Waals surface area (Å²) < 4.78 is 11.7. The summed E-state index contributed by atoms with van der Waals surface area (Å²) in [5.74, 6) is 4.93. The van der Waals surface area contributed by atoms with E-state index >= 15 is 0 Å². The van der Waals surface area contributed by atoms with Crippen molar-refractivity contribution in [3.8, 4) is 0 Å². The average molecular weight is 276 g/mol. The zero-order chi connectivity index (χ0) is 12.7. The first-order chi connectivity index (χ1) is 9.38. The van der Waals surface area contributed by atoms with Crippen LogP contribution in [-0.4, -0.2) is 23.2 Å². The topological polar surface area (TPSA) is 18.5 Å². The first-order valence-corrected chi connectivity index (χ1v) is 9.06. The summed E-state index contributed by atoms with van der Waals surface area (Å²) in [6.07, 6.45) is 15.1. The molecule has 3 heteroatoms. The Morgan fingerprint density at radius 2 is 1.26 bits per heavy atom. The SMILES string of the molecule is C1=CC2CC1CC2CO[SiH2]OCC1CC2C=CC1C2. The summed E-state index contributed by atoms with van der Waals surface area (Å²) in [5, 5.41) is 0. The van der Waals surface area contributed by atoms with Gasteiger partial charge in [-0.1, -0.05) is 24.3 Å². The Hall–Kier alpha value is -0.383. The van der Waals surface area contributed by atoms with E-state index in [2.05, 4.69) is 24.3 Å². The number of fused-ring (bicyclic) bond motifs is 4. The smallest absolute Gasteiger partial charge is 0.304 e. The van der Waals surface area contributed by atoms with Crippen LogP contribution in [0.5, 0.6) is 0 Å². The van der Waals surface area contributed by atoms with Gasteiger partial charge in [0.25, 0.3) is 0 Å². The van der Waals surface area contributed by atoms with Gasteiger partial charge in [0, 0.05) is 13.2 Å². The first kappa shape index (κ1) is 12.4. The molecular formula is C16H24O2Si. The number of hydrogen-bond donors (Lipinski definition) is 0. The van der Waals surface area contributed by atoms with Crippen molar-refractivity contribution in [3.05, 3.63) is 24.3 Å². The van der Waals surface area contributed by atoms with Crippen molar-refractivity contribution < 1.29 is 8.85 Å². The molecule has 4 bridgehead atoms. The molecule has 2 saturated carbocycles. The van der Waals surface area contributed by atoms with Gasteiger partial charge >= 0.3 is 10.0 Å². The van der Waals surface area contributed by atoms with Crippen LogP contribution < -0.4 is 0 Å². The van der Waals surface area contributed by atoms with Gasteiger partial charge in [-0.05, 0) is 61.2 Å². The van der Waals surface area contributed by atoms with Crippen LogP contribution in [0.4, 0.5) is 0 Å².